The van der Waals surface area contributed by atoms with Gasteiger partial charge in [-0.1, -0.05) is 6.08 Å². The molecule has 6 heteroatoms. The summed E-state index contributed by atoms with van der Waals surface area (Å²) in [5, 5.41) is 0. The molecule has 0 aromatic carbocycles. The summed E-state index contributed by atoms with van der Waals surface area (Å²) in [5.41, 5.74) is 0. The number of aliphatic imine (C=N–C) groups is 1. The van der Waals surface area contributed by atoms with E-state index in [9.17, 15) is 4.21 Å². The molecular weight excluding hydrogens is 326 g/mol. The van der Waals surface area contributed by atoms with Crippen LogP contribution in [-0.4, -0.2) is 32.9 Å². The van der Waals surface area contributed by atoms with Crippen molar-refractivity contribution in [2.24, 2.45) is 4.99 Å². The van der Waals surface area contributed by atoms with Gasteiger partial charge in [0.05, 0.1) is 26.5 Å². The van der Waals surface area contributed by atoms with E-state index in [2.05, 4.69) is 37.1 Å². The van der Waals surface area contributed by atoms with Crippen LogP contribution in [0.25, 0.3) is 0 Å². The first kappa shape index (κ1) is 16.6. The number of nitrogens with one attached hydrogen (secondary N) is 1. The van der Waals surface area contributed by atoms with Crippen molar-refractivity contribution in [3.05, 3.63) is 23.3 Å². The normalized spacial score (nSPS) is 18.9. The molecule has 2 unspecified atom stereocenters. The van der Waals surface area contributed by atoms with Crippen molar-refractivity contribution < 1.29 is 4.21 Å². The zero-order valence-electron chi connectivity index (χ0n) is 11.7. The highest BCUT2D eigenvalue weighted by Gasteiger charge is 2.26. The Morgan fingerprint density at radius 3 is 2.89 bits per heavy atom. The van der Waals surface area contributed by atoms with Crippen molar-refractivity contribution in [3.8, 4) is 0 Å². The zero-order valence-corrected chi connectivity index (χ0v) is 14.1. The molecule has 1 heterocycles. The summed E-state index contributed by atoms with van der Waals surface area (Å²) in [5.74, 6) is 0. The van der Waals surface area contributed by atoms with E-state index in [0.717, 1.165) is 17.4 Å². The highest BCUT2D eigenvalue weighted by molar-refractivity contribution is 9.11. The van der Waals surface area contributed by atoms with Crippen molar-refractivity contribution in [1.82, 2.24) is 9.62 Å². The highest BCUT2D eigenvalue weighted by atomic mass is 79.9. The highest BCUT2D eigenvalue weighted by Crippen LogP contribution is 2.21. The van der Waals surface area contributed by atoms with Crippen molar-refractivity contribution >= 4 is 33.1 Å². The molecule has 0 fully saturated rings. The Labute approximate surface area is 126 Å². The lowest BCUT2D eigenvalue weighted by molar-refractivity contribution is 0.251. The van der Waals surface area contributed by atoms with Crippen LogP contribution < -0.4 is 4.72 Å². The van der Waals surface area contributed by atoms with Gasteiger partial charge in [-0.15, -0.1) is 6.58 Å². The molecule has 0 aliphatic carbocycles. The predicted molar refractivity (Wildman–Crippen MR) is 86.5 cm³/mol. The molecule has 0 aromatic rings. The third kappa shape index (κ3) is 5.20. The lowest BCUT2D eigenvalue weighted by Gasteiger charge is -2.34. The van der Waals surface area contributed by atoms with Crippen LogP contribution in [0.15, 0.2) is 28.3 Å². The molecule has 0 saturated heterocycles. The first-order valence-electron chi connectivity index (χ1n) is 6.27. The fraction of sp³-hybridized carbons (Fsp3) is 0.615. The molecule has 1 aliphatic heterocycles. The Morgan fingerprint density at radius 2 is 2.37 bits per heavy atom. The fourth-order valence-corrected chi connectivity index (χ4v) is 2.84. The van der Waals surface area contributed by atoms with Gasteiger partial charge >= 0.3 is 0 Å². The maximum atomic E-state index is 12.3. The van der Waals surface area contributed by atoms with Crippen LogP contribution in [0, 0.1) is 0 Å². The molecule has 0 saturated carbocycles. The summed E-state index contributed by atoms with van der Waals surface area (Å²) < 4.78 is 16.1. The molecule has 0 amide bonds. The van der Waals surface area contributed by atoms with E-state index in [1.807, 2.05) is 32.9 Å². The molecule has 2 atom stereocenters. The molecule has 1 rings (SSSR count). The first-order chi connectivity index (χ1) is 8.86. The van der Waals surface area contributed by atoms with E-state index in [1.54, 1.807) is 6.21 Å². The molecular formula is C13H22BrN3OS. The van der Waals surface area contributed by atoms with E-state index in [4.69, 9.17) is 0 Å². The van der Waals surface area contributed by atoms with Gasteiger partial charge in [0.1, 0.15) is 6.67 Å². The van der Waals surface area contributed by atoms with E-state index in [0.29, 0.717) is 6.67 Å². The van der Waals surface area contributed by atoms with Gasteiger partial charge in [-0.2, -0.15) is 0 Å². The lowest BCUT2D eigenvalue weighted by atomic mass is 10.2. The van der Waals surface area contributed by atoms with E-state index < -0.39 is 11.0 Å². The van der Waals surface area contributed by atoms with Gasteiger partial charge in [0, 0.05) is 6.21 Å². The summed E-state index contributed by atoms with van der Waals surface area (Å²) in [4.78, 5) is 6.30. The summed E-state index contributed by atoms with van der Waals surface area (Å²) in [6.07, 6.45) is 7.21. The van der Waals surface area contributed by atoms with Crippen molar-refractivity contribution in [1.29, 1.82) is 0 Å². The number of hydrogen-bond donors (Lipinski definition) is 1. The molecule has 0 radical (unpaired) electrons. The van der Waals surface area contributed by atoms with Gasteiger partial charge in [-0.25, -0.2) is 8.93 Å². The predicted octanol–water partition coefficient (Wildman–Crippen LogP) is 2.91. The van der Waals surface area contributed by atoms with Gasteiger partial charge in [0.2, 0.25) is 0 Å². The second-order valence-corrected chi connectivity index (χ2v) is 8.12. The largest absolute Gasteiger partial charge is 0.330 e. The van der Waals surface area contributed by atoms with E-state index >= 15 is 0 Å². The quantitative estimate of drug-likeness (QED) is 0.593. The SMILES string of the molecule is C=CCCC(NS(=O)C(C)(C)C)N1CN=CC=C1Br. The molecule has 0 aromatic heterocycles. The monoisotopic (exact) mass is 347 g/mol. The standard InChI is InChI=1S/C13H22BrN3OS/c1-5-6-7-12(16-19(18)13(2,3)4)17-10-15-9-8-11(17)14/h5,8-9,12,16H,1,6-7,10H2,2-4H3. The topological polar surface area (TPSA) is 44.7 Å². The van der Waals surface area contributed by atoms with Crippen molar-refractivity contribution in [2.45, 2.75) is 44.5 Å². The lowest BCUT2D eigenvalue weighted by Crippen LogP contribution is -2.49. The number of hydrogen-bond acceptors (Lipinski definition) is 3. The Morgan fingerprint density at radius 1 is 1.68 bits per heavy atom. The van der Waals surface area contributed by atoms with Crippen LogP contribution in [0.1, 0.15) is 33.6 Å². The fourth-order valence-electron chi connectivity index (χ4n) is 1.51. The van der Waals surface area contributed by atoms with Gasteiger partial charge in [-0.3, -0.25) is 4.99 Å². The third-order valence-electron chi connectivity index (χ3n) is 2.65. The Hall–Kier alpha value is -0.460. The van der Waals surface area contributed by atoms with Crippen molar-refractivity contribution in [2.75, 3.05) is 6.67 Å². The van der Waals surface area contributed by atoms with Crippen molar-refractivity contribution in [3.63, 3.8) is 0 Å². The first-order valence-corrected chi connectivity index (χ1v) is 8.21. The maximum absolute atomic E-state index is 12.3. The smallest absolute Gasteiger partial charge is 0.112 e. The van der Waals surface area contributed by atoms with Crippen LogP contribution >= 0.6 is 15.9 Å². The summed E-state index contributed by atoms with van der Waals surface area (Å²) in [7, 11) is -1.11. The van der Waals surface area contributed by atoms with Gasteiger partial charge in [0.15, 0.2) is 0 Å². The number of allylic oxidation sites excluding steroid dienone is 2. The third-order valence-corrected chi connectivity index (χ3v) is 4.96. The minimum atomic E-state index is -1.11. The van der Waals surface area contributed by atoms with E-state index in [1.165, 1.54) is 0 Å². The molecule has 1 aliphatic rings. The molecule has 0 spiro atoms. The number of halogens is 1. The average molecular weight is 348 g/mol. The van der Waals surface area contributed by atoms with Gasteiger partial charge in [0.25, 0.3) is 0 Å². The van der Waals surface area contributed by atoms with Crippen LogP contribution in [0.5, 0.6) is 0 Å². The summed E-state index contributed by atoms with van der Waals surface area (Å²) in [6, 6.07) is 0. The van der Waals surface area contributed by atoms with Gasteiger partial charge in [-0.05, 0) is 55.6 Å². The van der Waals surface area contributed by atoms with Crippen LogP contribution in [-0.2, 0) is 11.0 Å². The minimum Gasteiger partial charge on any atom is -0.330 e. The maximum Gasteiger partial charge on any atom is 0.112 e. The molecule has 0 bridgehead atoms. The number of rotatable bonds is 6. The summed E-state index contributed by atoms with van der Waals surface area (Å²) >= 11 is 3.52. The van der Waals surface area contributed by atoms with Crippen LogP contribution in [0.4, 0.5) is 0 Å². The average Bonchev–Trinajstić information content (AvgIpc) is 2.34. The Kier molecular flexibility index (Phi) is 6.42. The molecule has 1 N–H and O–H groups in total. The minimum absolute atomic E-state index is 0.0267. The number of nitrogens with zero attached hydrogens (tertiary/aromatic N) is 2. The van der Waals surface area contributed by atoms with E-state index in [-0.39, 0.29) is 10.9 Å². The molecule has 4 nitrogen and oxygen atoms in total. The second kappa shape index (κ2) is 7.36. The van der Waals surface area contributed by atoms with Crippen LogP contribution in [0.2, 0.25) is 0 Å². The molecule has 108 valence electrons. The second-order valence-electron chi connectivity index (χ2n) is 5.31. The Balaban J connectivity index is 2.77. The Bertz CT molecular complexity index is 401. The molecule has 19 heavy (non-hydrogen) atoms. The van der Waals surface area contributed by atoms with Crippen LogP contribution in [0.3, 0.4) is 0 Å². The zero-order chi connectivity index (χ0) is 14.5. The van der Waals surface area contributed by atoms with Gasteiger partial charge < -0.3 is 4.90 Å². The summed E-state index contributed by atoms with van der Waals surface area (Å²) in [6.45, 7) is 10.2.